The highest BCUT2D eigenvalue weighted by molar-refractivity contribution is 6.34. The summed E-state index contributed by atoms with van der Waals surface area (Å²) in [6.45, 7) is 5.39. The third-order valence-corrected chi connectivity index (χ3v) is 6.90. The van der Waals surface area contributed by atoms with E-state index < -0.39 is 5.72 Å². The molecule has 2 aromatic rings. The first-order valence-electron chi connectivity index (χ1n) is 10.8. The van der Waals surface area contributed by atoms with E-state index in [0.29, 0.717) is 0 Å². The Morgan fingerprint density at radius 2 is 1.97 bits per heavy atom. The summed E-state index contributed by atoms with van der Waals surface area (Å²) in [5.74, 6) is 1.68. The van der Waals surface area contributed by atoms with E-state index in [-0.39, 0.29) is 6.04 Å². The number of piperidine rings is 1. The average Bonchev–Trinajstić information content (AvgIpc) is 3.22. The molecule has 3 aliphatic heterocycles. The predicted octanol–water partition coefficient (Wildman–Crippen LogP) is 5.09. The third kappa shape index (κ3) is 3.15. The molecule has 1 spiro atoms. The van der Waals surface area contributed by atoms with Gasteiger partial charge in [-0.05, 0) is 25.1 Å². The lowest BCUT2D eigenvalue weighted by Crippen LogP contribution is -2.59. The Bertz CT molecular complexity index is 969. The van der Waals surface area contributed by atoms with Crippen molar-refractivity contribution in [2.45, 2.75) is 44.4 Å². The SMILES string of the molecule is CCCN1CCC2(CC1)Oc1c(OC)cccc1[C@H]1CC(c3ccccc3Cl)=NN12. The lowest BCUT2D eigenvalue weighted by molar-refractivity contribution is -0.150. The van der Waals surface area contributed by atoms with Crippen LogP contribution in [-0.4, -0.2) is 48.1 Å². The van der Waals surface area contributed by atoms with E-state index in [4.69, 9.17) is 26.2 Å². The molecule has 3 aliphatic rings. The molecule has 1 fully saturated rings. The van der Waals surface area contributed by atoms with E-state index >= 15 is 0 Å². The first-order chi connectivity index (χ1) is 14.6. The Kier molecular flexibility index (Phi) is 5.11. The molecule has 0 unspecified atom stereocenters. The summed E-state index contributed by atoms with van der Waals surface area (Å²) in [5, 5.41) is 8.10. The standard InChI is InChI=1S/C24H28ClN3O2/c1-3-13-27-14-11-24(12-15-27)28-21(18-8-6-10-22(29-2)23(18)30-24)16-20(26-28)17-7-4-5-9-19(17)25/h4-10,21H,3,11-16H2,1-2H3/t21-/m1/s1. The second-order valence-electron chi connectivity index (χ2n) is 8.36. The number of methoxy groups -OCH3 is 1. The molecular formula is C24H28ClN3O2. The summed E-state index contributed by atoms with van der Waals surface area (Å²) in [6.07, 6.45) is 3.82. The van der Waals surface area contributed by atoms with Crippen LogP contribution in [0.2, 0.25) is 5.02 Å². The summed E-state index contributed by atoms with van der Waals surface area (Å²) in [4.78, 5) is 2.52. The molecule has 0 aliphatic carbocycles. The first kappa shape index (κ1) is 19.7. The van der Waals surface area contributed by atoms with Gasteiger partial charge in [-0.25, -0.2) is 5.01 Å². The van der Waals surface area contributed by atoms with Crippen LogP contribution < -0.4 is 9.47 Å². The van der Waals surface area contributed by atoms with Crippen molar-refractivity contribution in [1.82, 2.24) is 9.91 Å². The van der Waals surface area contributed by atoms with Gasteiger partial charge in [-0.15, -0.1) is 0 Å². The molecule has 1 saturated heterocycles. The number of fused-ring (bicyclic) bond motifs is 4. The van der Waals surface area contributed by atoms with Crippen molar-refractivity contribution in [1.29, 1.82) is 0 Å². The third-order valence-electron chi connectivity index (χ3n) is 6.57. The summed E-state index contributed by atoms with van der Waals surface area (Å²) in [6, 6.07) is 14.3. The van der Waals surface area contributed by atoms with Crippen LogP contribution in [0.3, 0.4) is 0 Å². The molecule has 5 nitrogen and oxygen atoms in total. The van der Waals surface area contributed by atoms with E-state index in [1.54, 1.807) is 7.11 Å². The minimum absolute atomic E-state index is 0.132. The molecule has 6 heteroatoms. The van der Waals surface area contributed by atoms with Crippen LogP contribution in [0.1, 0.15) is 49.8 Å². The van der Waals surface area contributed by atoms with Crippen molar-refractivity contribution >= 4 is 17.3 Å². The van der Waals surface area contributed by atoms with Crippen LogP contribution in [0.25, 0.3) is 0 Å². The maximum Gasteiger partial charge on any atom is 0.200 e. The molecule has 0 N–H and O–H groups in total. The quantitative estimate of drug-likeness (QED) is 0.683. The number of hydrogen-bond acceptors (Lipinski definition) is 5. The second kappa shape index (κ2) is 7.78. The zero-order valence-electron chi connectivity index (χ0n) is 17.6. The van der Waals surface area contributed by atoms with Crippen molar-refractivity contribution in [3.05, 3.63) is 58.6 Å². The number of para-hydroxylation sites is 1. The zero-order chi connectivity index (χ0) is 20.7. The smallest absolute Gasteiger partial charge is 0.200 e. The zero-order valence-corrected chi connectivity index (χ0v) is 18.4. The number of likely N-dealkylation sites (tertiary alicyclic amines) is 1. The fraction of sp³-hybridized carbons (Fsp3) is 0.458. The van der Waals surface area contributed by atoms with E-state index in [9.17, 15) is 0 Å². The number of ether oxygens (including phenoxy) is 2. The van der Waals surface area contributed by atoms with Gasteiger partial charge in [-0.2, -0.15) is 5.10 Å². The summed E-state index contributed by atoms with van der Waals surface area (Å²) in [5.41, 5.74) is 2.73. The van der Waals surface area contributed by atoms with E-state index in [0.717, 1.165) is 72.3 Å². The van der Waals surface area contributed by atoms with Gasteiger partial charge in [0.05, 0.1) is 18.9 Å². The Labute approximate surface area is 183 Å². The van der Waals surface area contributed by atoms with Gasteiger partial charge < -0.3 is 14.4 Å². The largest absolute Gasteiger partial charge is 0.493 e. The van der Waals surface area contributed by atoms with Crippen LogP contribution >= 0.6 is 11.6 Å². The summed E-state index contributed by atoms with van der Waals surface area (Å²) >= 11 is 6.52. The van der Waals surface area contributed by atoms with Crippen LogP contribution in [0.15, 0.2) is 47.6 Å². The van der Waals surface area contributed by atoms with Crippen molar-refractivity contribution in [3.8, 4) is 11.5 Å². The first-order valence-corrected chi connectivity index (χ1v) is 11.2. The average molecular weight is 426 g/mol. The second-order valence-corrected chi connectivity index (χ2v) is 8.77. The minimum atomic E-state index is -0.445. The summed E-state index contributed by atoms with van der Waals surface area (Å²) < 4.78 is 12.4. The van der Waals surface area contributed by atoms with Gasteiger partial charge in [-0.1, -0.05) is 48.9 Å². The van der Waals surface area contributed by atoms with Crippen LogP contribution in [0, 0.1) is 0 Å². The molecule has 30 heavy (non-hydrogen) atoms. The number of hydrazone groups is 1. The van der Waals surface area contributed by atoms with Gasteiger partial charge in [0.2, 0.25) is 5.72 Å². The lowest BCUT2D eigenvalue weighted by atomic mass is 9.90. The van der Waals surface area contributed by atoms with E-state index in [1.165, 1.54) is 6.42 Å². The molecule has 0 bridgehead atoms. The molecule has 2 aromatic carbocycles. The fourth-order valence-corrected chi connectivity index (χ4v) is 5.31. The molecule has 1 atom stereocenters. The molecule has 0 saturated carbocycles. The molecule has 0 aromatic heterocycles. The van der Waals surface area contributed by atoms with E-state index in [2.05, 4.69) is 29.0 Å². The van der Waals surface area contributed by atoms with Crippen LogP contribution in [0.5, 0.6) is 11.5 Å². The Balaban J connectivity index is 1.56. The highest BCUT2D eigenvalue weighted by Gasteiger charge is 2.52. The van der Waals surface area contributed by atoms with Gasteiger partial charge in [0, 0.05) is 48.5 Å². The van der Waals surface area contributed by atoms with Crippen LogP contribution in [0.4, 0.5) is 0 Å². The normalized spacial score (nSPS) is 22.3. The molecular weight excluding hydrogens is 398 g/mol. The van der Waals surface area contributed by atoms with Crippen molar-refractivity contribution in [2.75, 3.05) is 26.7 Å². The van der Waals surface area contributed by atoms with Gasteiger partial charge in [0.15, 0.2) is 11.5 Å². The lowest BCUT2D eigenvalue weighted by Gasteiger charge is -2.51. The Morgan fingerprint density at radius 1 is 1.17 bits per heavy atom. The molecule has 3 heterocycles. The fourth-order valence-electron chi connectivity index (χ4n) is 5.06. The van der Waals surface area contributed by atoms with Crippen molar-refractivity contribution < 1.29 is 9.47 Å². The maximum absolute atomic E-state index is 6.77. The number of hydrogen-bond donors (Lipinski definition) is 0. The molecule has 158 valence electrons. The molecule has 0 radical (unpaired) electrons. The van der Waals surface area contributed by atoms with Gasteiger partial charge in [0.1, 0.15) is 0 Å². The number of nitrogens with zero attached hydrogens (tertiary/aromatic N) is 3. The number of halogens is 1. The van der Waals surface area contributed by atoms with Crippen molar-refractivity contribution in [2.24, 2.45) is 5.10 Å². The van der Waals surface area contributed by atoms with Crippen LogP contribution in [-0.2, 0) is 0 Å². The van der Waals surface area contributed by atoms with E-state index in [1.807, 2.05) is 30.3 Å². The van der Waals surface area contributed by atoms with Crippen molar-refractivity contribution in [3.63, 3.8) is 0 Å². The minimum Gasteiger partial charge on any atom is -0.493 e. The topological polar surface area (TPSA) is 37.3 Å². The molecule has 0 amide bonds. The van der Waals surface area contributed by atoms with Gasteiger partial charge in [-0.3, -0.25) is 0 Å². The number of benzene rings is 2. The number of rotatable bonds is 4. The highest BCUT2D eigenvalue weighted by Crippen LogP contribution is 2.52. The Morgan fingerprint density at radius 3 is 2.70 bits per heavy atom. The summed E-state index contributed by atoms with van der Waals surface area (Å²) in [7, 11) is 1.71. The highest BCUT2D eigenvalue weighted by atomic mass is 35.5. The van der Waals surface area contributed by atoms with Gasteiger partial charge in [0.25, 0.3) is 0 Å². The predicted molar refractivity (Wildman–Crippen MR) is 120 cm³/mol. The van der Waals surface area contributed by atoms with Gasteiger partial charge >= 0.3 is 0 Å². The molecule has 5 rings (SSSR count). The Hall–Kier alpha value is -2.24. The monoisotopic (exact) mass is 425 g/mol. The maximum atomic E-state index is 6.77.